The number of benzene rings is 1. The Balaban J connectivity index is 0.00000380. The van der Waals surface area contributed by atoms with Crippen LogP contribution in [0.5, 0.6) is 0 Å². The molecular formula is C28H50N4O5S3. The number of methoxy groups -OCH3 is 1. The van der Waals surface area contributed by atoms with Gasteiger partial charge < -0.3 is 30.3 Å². The molecule has 0 bridgehead atoms. The van der Waals surface area contributed by atoms with Crippen LogP contribution in [0.3, 0.4) is 0 Å². The number of carbonyl (C=O) groups excluding carboxylic acids is 3. The number of amides is 2. The maximum Gasteiger partial charge on any atom is 0.251 e. The summed E-state index contributed by atoms with van der Waals surface area (Å²) in [5, 5.41) is 2.93. The average molecular weight is 619 g/mol. The monoisotopic (exact) mass is 618 g/mol. The van der Waals surface area contributed by atoms with Gasteiger partial charge in [0.2, 0.25) is 5.91 Å². The zero-order chi connectivity index (χ0) is 25.8. The number of hydrogen-bond acceptors (Lipinski definition) is 7. The molecule has 3 aliphatic heterocycles. The summed E-state index contributed by atoms with van der Waals surface area (Å²) in [7, 11) is 1.73. The van der Waals surface area contributed by atoms with Gasteiger partial charge in [-0.3, -0.25) is 14.4 Å². The van der Waals surface area contributed by atoms with E-state index < -0.39 is 24.2 Å². The molecule has 4 rings (SSSR count). The Bertz CT molecular complexity index is 944. The Morgan fingerprint density at radius 1 is 1.12 bits per heavy atom. The molecule has 40 heavy (non-hydrogen) atoms. The molecule has 2 amide bonds. The molecule has 3 fully saturated rings. The largest absolute Gasteiger partial charge is 0.383 e. The number of ketones is 1. The van der Waals surface area contributed by atoms with Crippen molar-refractivity contribution in [2.75, 3.05) is 46.5 Å². The van der Waals surface area contributed by atoms with Crippen molar-refractivity contribution in [1.82, 2.24) is 15.1 Å². The van der Waals surface area contributed by atoms with Gasteiger partial charge in [-0.05, 0) is 61.9 Å². The lowest BCUT2D eigenvalue weighted by Crippen LogP contribution is -2.52. The van der Waals surface area contributed by atoms with E-state index in [1.54, 1.807) is 7.11 Å². The number of nitrogens with one attached hydrogen (secondary N) is 1. The minimum absolute atomic E-state index is 0. The topological polar surface area (TPSA) is 114 Å². The first-order valence-corrected chi connectivity index (χ1v) is 13.1. The fraction of sp³-hybridized carbons (Fsp3) is 0.679. The SMILES string of the molecule is C.COCCN1CCC(c2ccc(C(=O)N[C@@H](CC(C)C)C(=O)N3C[C@H](N)[C@H]4OCC(=O)[C@H]43)cc2)CC1.S.S.S. The standard InChI is InChI=1S/C27H40N4O5.CH4.3H2S/c1-17(2)14-22(27(34)31-15-21(28)25-24(31)23(32)16-36-25)29-26(33)20-6-4-18(5-7-20)19-8-10-30(11-9-19)12-13-35-3;;;;/h4-7,17,19,21-22,24-25H,8-16,28H2,1-3H3,(H,29,33);1H4;3*1H2/t21-,22-,24+,25+;;;;/m0..../s1. The summed E-state index contributed by atoms with van der Waals surface area (Å²) in [6.07, 6.45) is 2.19. The summed E-state index contributed by atoms with van der Waals surface area (Å²) in [6, 6.07) is 5.96. The van der Waals surface area contributed by atoms with E-state index in [9.17, 15) is 14.4 Å². The van der Waals surface area contributed by atoms with Gasteiger partial charge in [-0.25, -0.2) is 0 Å². The maximum atomic E-state index is 13.5. The van der Waals surface area contributed by atoms with Crippen LogP contribution in [0.15, 0.2) is 24.3 Å². The lowest BCUT2D eigenvalue weighted by atomic mass is 9.89. The van der Waals surface area contributed by atoms with Crippen LogP contribution >= 0.6 is 40.5 Å². The van der Waals surface area contributed by atoms with E-state index in [1.807, 2.05) is 38.1 Å². The molecule has 3 N–H and O–H groups in total. The molecule has 3 saturated heterocycles. The first-order valence-electron chi connectivity index (χ1n) is 13.1. The Morgan fingerprint density at radius 3 is 2.33 bits per heavy atom. The third-order valence-corrected chi connectivity index (χ3v) is 7.66. The second-order valence-corrected chi connectivity index (χ2v) is 10.7. The second kappa shape index (κ2) is 17.6. The molecule has 12 heteroatoms. The van der Waals surface area contributed by atoms with E-state index >= 15 is 0 Å². The maximum absolute atomic E-state index is 13.5. The number of nitrogens with zero attached hydrogens (tertiary/aromatic N) is 2. The molecule has 4 atom stereocenters. The Labute approximate surface area is 260 Å². The van der Waals surface area contributed by atoms with Gasteiger partial charge in [0, 0.05) is 25.8 Å². The summed E-state index contributed by atoms with van der Waals surface area (Å²) in [6.45, 7) is 8.05. The van der Waals surface area contributed by atoms with Crippen LogP contribution in [0.2, 0.25) is 0 Å². The molecule has 1 aromatic rings. The normalized spacial score (nSPS) is 23.3. The fourth-order valence-electron chi connectivity index (χ4n) is 5.67. The summed E-state index contributed by atoms with van der Waals surface area (Å²) in [5.74, 6) is -0.0237. The van der Waals surface area contributed by atoms with Crippen molar-refractivity contribution < 1.29 is 23.9 Å². The number of rotatable bonds is 9. The summed E-state index contributed by atoms with van der Waals surface area (Å²) < 4.78 is 10.7. The van der Waals surface area contributed by atoms with Gasteiger partial charge in [-0.1, -0.05) is 33.4 Å². The van der Waals surface area contributed by atoms with Gasteiger partial charge in [0.05, 0.1) is 12.6 Å². The summed E-state index contributed by atoms with van der Waals surface area (Å²) in [5.41, 5.74) is 7.90. The van der Waals surface area contributed by atoms with Crippen LogP contribution in [0.1, 0.15) is 62.4 Å². The van der Waals surface area contributed by atoms with Crippen LogP contribution in [-0.2, 0) is 19.1 Å². The van der Waals surface area contributed by atoms with Gasteiger partial charge in [0.1, 0.15) is 24.8 Å². The highest BCUT2D eigenvalue weighted by Gasteiger charge is 2.52. The fourth-order valence-corrected chi connectivity index (χ4v) is 5.67. The van der Waals surface area contributed by atoms with Gasteiger partial charge in [-0.2, -0.15) is 40.5 Å². The lowest BCUT2D eigenvalue weighted by Gasteiger charge is -2.32. The number of fused-ring (bicyclic) bond motifs is 1. The smallest absolute Gasteiger partial charge is 0.251 e. The van der Waals surface area contributed by atoms with Crippen molar-refractivity contribution in [2.24, 2.45) is 11.7 Å². The van der Waals surface area contributed by atoms with E-state index in [0.29, 0.717) is 17.9 Å². The lowest BCUT2D eigenvalue weighted by molar-refractivity contribution is -0.138. The molecule has 0 saturated carbocycles. The van der Waals surface area contributed by atoms with Crippen molar-refractivity contribution >= 4 is 58.1 Å². The minimum Gasteiger partial charge on any atom is -0.383 e. The number of ether oxygens (including phenoxy) is 2. The molecule has 0 radical (unpaired) electrons. The molecule has 0 unspecified atom stereocenters. The Morgan fingerprint density at radius 2 is 1.75 bits per heavy atom. The Hall–Kier alpha value is -1.28. The van der Waals surface area contributed by atoms with Gasteiger partial charge >= 0.3 is 0 Å². The van der Waals surface area contributed by atoms with Crippen LogP contribution < -0.4 is 11.1 Å². The molecule has 9 nitrogen and oxygen atoms in total. The molecule has 1 aromatic carbocycles. The van der Waals surface area contributed by atoms with Crippen molar-refractivity contribution in [1.29, 1.82) is 0 Å². The first-order chi connectivity index (χ1) is 17.3. The van der Waals surface area contributed by atoms with Crippen LogP contribution in [-0.4, -0.2) is 98.1 Å². The third-order valence-electron chi connectivity index (χ3n) is 7.66. The van der Waals surface area contributed by atoms with Crippen molar-refractivity contribution in [2.45, 2.75) is 70.7 Å². The molecule has 0 aromatic heterocycles. The number of nitrogens with two attached hydrogens (primary N) is 1. The van der Waals surface area contributed by atoms with E-state index in [-0.39, 0.29) is 84.6 Å². The van der Waals surface area contributed by atoms with Crippen LogP contribution in [0.25, 0.3) is 0 Å². The van der Waals surface area contributed by atoms with Gasteiger partial charge in [0.15, 0.2) is 5.78 Å². The number of hydrogen-bond donors (Lipinski definition) is 2. The minimum atomic E-state index is -0.729. The van der Waals surface area contributed by atoms with Crippen molar-refractivity contribution in [3.8, 4) is 0 Å². The molecule has 0 aliphatic carbocycles. The molecular weight excluding hydrogens is 569 g/mol. The number of carbonyl (C=O) groups is 3. The zero-order valence-corrected chi connectivity index (χ0v) is 26.2. The molecule has 230 valence electrons. The summed E-state index contributed by atoms with van der Waals surface area (Å²) in [4.78, 5) is 42.9. The van der Waals surface area contributed by atoms with Crippen LogP contribution in [0.4, 0.5) is 0 Å². The van der Waals surface area contributed by atoms with E-state index in [4.69, 9.17) is 15.2 Å². The number of piperidine rings is 1. The molecule has 3 aliphatic rings. The second-order valence-electron chi connectivity index (χ2n) is 10.7. The van der Waals surface area contributed by atoms with E-state index in [0.717, 1.165) is 39.1 Å². The van der Waals surface area contributed by atoms with Gasteiger partial charge in [0.25, 0.3) is 5.91 Å². The van der Waals surface area contributed by atoms with E-state index in [2.05, 4.69) is 10.2 Å². The highest BCUT2D eigenvalue weighted by atomic mass is 32.1. The number of likely N-dealkylation sites (tertiary alicyclic amines) is 2. The third kappa shape index (κ3) is 9.11. The van der Waals surface area contributed by atoms with Gasteiger partial charge in [-0.15, -0.1) is 0 Å². The van der Waals surface area contributed by atoms with E-state index in [1.165, 1.54) is 10.5 Å². The number of Topliss-reactive ketones (excluding diaryl/α,β-unsaturated/α-hetero) is 1. The zero-order valence-electron chi connectivity index (χ0n) is 23.2. The first kappa shape index (κ1) is 38.7. The quantitative estimate of drug-likeness (QED) is 0.436. The summed E-state index contributed by atoms with van der Waals surface area (Å²) >= 11 is 0. The Kier molecular flexibility index (Phi) is 17.1. The highest BCUT2D eigenvalue weighted by molar-refractivity contribution is 7.59. The predicted molar refractivity (Wildman–Crippen MR) is 174 cm³/mol. The van der Waals surface area contributed by atoms with Crippen LogP contribution in [0, 0.1) is 5.92 Å². The average Bonchev–Trinajstić information content (AvgIpc) is 3.42. The molecule has 0 spiro atoms. The van der Waals surface area contributed by atoms with Crippen molar-refractivity contribution in [3.63, 3.8) is 0 Å². The predicted octanol–water partition coefficient (Wildman–Crippen LogP) is 2.14. The molecule has 3 heterocycles. The van der Waals surface area contributed by atoms with Crippen molar-refractivity contribution in [3.05, 3.63) is 35.4 Å². The highest BCUT2D eigenvalue weighted by Crippen LogP contribution is 2.29.